The maximum Gasteiger partial charge on any atom is 0.0263 e. The summed E-state index contributed by atoms with van der Waals surface area (Å²) in [7, 11) is 0. The average molecular weight is 515 g/mol. The first-order valence-corrected chi connectivity index (χ1v) is 16.0. The Hall–Kier alpha value is -2.51. The van der Waals surface area contributed by atoms with Gasteiger partial charge in [-0.1, -0.05) is 97.6 Å². The Labute approximate surface area is 232 Å². The van der Waals surface area contributed by atoms with E-state index in [1.165, 1.54) is 44.9 Å². The molecule has 7 unspecified atom stereocenters. The highest BCUT2D eigenvalue weighted by Gasteiger charge is 2.42. The van der Waals surface area contributed by atoms with Gasteiger partial charge in [-0.25, -0.2) is 0 Å². The van der Waals surface area contributed by atoms with E-state index in [9.17, 15) is 0 Å². The zero-order chi connectivity index (χ0) is 25.2. The third-order valence-corrected chi connectivity index (χ3v) is 12.1. The van der Waals surface area contributed by atoms with Crippen LogP contribution in [0, 0.1) is 35.5 Å². The van der Waals surface area contributed by atoms with Crippen LogP contribution in [0.25, 0.3) is 0 Å². The summed E-state index contributed by atoms with van der Waals surface area (Å²) in [5.74, 6) is 3.34. The molecule has 0 saturated heterocycles. The SMILES string of the molecule is CC1C2=C(C=CC1C1=CCCC(C3C=CCC4C5=C(CCC=C5)SC34)=C1)C1C=CC=CC1C1=C2CCC=C1. The van der Waals surface area contributed by atoms with Gasteiger partial charge in [-0.15, -0.1) is 11.8 Å². The minimum Gasteiger partial charge on any atom is -0.125 e. The van der Waals surface area contributed by atoms with Crippen LogP contribution in [0.3, 0.4) is 0 Å². The molecule has 0 fully saturated rings. The average Bonchev–Trinajstić information content (AvgIpc) is 3.36. The van der Waals surface area contributed by atoms with Gasteiger partial charge in [0.1, 0.15) is 0 Å². The first-order valence-electron chi connectivity index (χ1n) is 15.1. The van der Waals surface area contributed by atoms with Crippen LogP contribution in [-0.2, 0) is 0 Å². The van der Waals surface area contributed by atoms with Gasteiger partial charge in [0.25, 0.3) is 0 Å². The van der Waals surface area contributed by atoms with Crippen molar-refractivity contribution in [2.24, 2.45) is 35.5 Å². The number of hydrogen-bond donors (Lipinski definition) is 0. The van der Waals surface area contributed by atoms with Crippen LogP contribution in [0.1, 0.15) is 51.9 Å². The van der Waals surface area contributed by atoms with Crippen molar-refractivity contribution < 1.29 is 0 Å². The molecule has 0 bridgehead atoms. The Morgan fingerprint density at radius 1 is 0.711 bits per heavy atom. The molecule has 0 aromatic carbocycles. The van der Waals surface area contributed by atoms with Crippen molar-refractivity contribution in [2.75, 3.05) is 0 Å². The second-order valence-electron chi connectivity index (χ2n) is 12.4. The van der Waals surface area contributed by atoms with Gasteiger partial charge in [-0.05, 0) is 89.2 Å². The fourth-order valence-corrected chi connectivity index (χ4v) is 10.5. The molecule has 1 aliphatic heterocycles. The van der Waals surface area contributed by atoms with Crippen LogP contribution in [0.2, 0.25) is 0 Å². The molecule has 0 spiro atoms. The summed E-state index contributed by atoms with van der Waals surface area (Å²) in [5, 5.41) is 0.704. The normalized spacial score (nSPS) is 38.5. The van der Waals surface area contributed by atoms with Crippen molar-refractivity contribution in [2.45, 2.75) is 57.1 Å². The number of rotatable bonds is 2. The van der Waals surface area contributed by atoms with Crippen LogP contribution in [0.4, 0.5) is 0 Å². The van der Waals surface area contributed by atoms with Crippen molar-refractivity contribution in [1.29, 1.82) is 0 Å². The zero-order valence-electron chi connectivity index (χ0n) is 22.5. The molecule has 7 atom stereocenters. The highest BCUT2D eigenvalue weighted by atomic mass is 32.2. The molecule has 0 nitrogen and oxygen atoms in total. The Morgan fingerprint density at radius 2 is 1.53 bits per heavy atom. The molecule has 38 heavy (non-hydrogen) atoms. The topological polar surface area (TPSA) is 0 Å². The van der Waals surface area contributed by atoms with E-state index >= 15 is 0 Å². The Kier molecular flexibility index (Phi) is 5.72. The van der Waals surface area contributed by atoms with Gasteiger partial charge < -0.3 is 0 Å². The molecular formula is C37H38S. The highest BCUT2D eigenvalue weighted by Crippen LogP contribution is 2.55. The standard InChI is InChI=1S/C37H38S/c1-23-26(20-21-33-30-14-3-2-12-28(30)29-13-4-5-16-32(29)36(23)33)24-10-8-11-25(22-24)27-17-9-18-34-31-15-6-7-19-35(31)38-37(27)34/h2-4,6,9-10,12-15,17,20-23,26-28,30,34,37H,5,7-8,11,16,18-19H2,1H3. The summed E-state index contributed by atoms with van der Waals surface area (Å²) in [5.41, 5.74) is 11.5. The van der Waals surface area contributed by atoms with Crippen molar-refractivity contribution >= 4 is 11.8 Å². The van der Waals surface area contributed by atoms with E-state index in [1.54, 1.807) is 43.9 Å². The maximum absolute atomic E-state index is 2.65. The van der Waals surface area contributed by atoms with Gasteiger partial charge in [0, 0.05) is 34.8 Å². The molecule has 1 heteroatoms. The monoisotopic (exact) mass is 514 g/mol. The molecule has 192 valence electrons. The Bertz CT molecular complexity index is 1410. The van der Waals surface area contributed by atoms with Crippen LogP contribution >= 0.6 is 11.8 Å². The lowest BCUT2D eigenvalue weighted by Crippen LogP contribution is -2.31. The second kappa shape index (κ2) is 9.30. The van der Waals surface area contributed by atoms with E-state index in [4.69, 9.17) is 0 Å². The number of fused-ring (bicyclic) bond motifs is 6. The van der Waals surface area contributed by atoms with E-state index in [2.05, 4.69) is 104 Å². The van der Waals surface area contributed by atoms with E-state index < -0.39 is 0 Å². The first-order chi connectivity index (χ1) is 18.8. The third-order valence-electron chi connectivity index (χ3n) is 10.5. The summed E-state index contributed by atoms with van der Waals surface area (Å²) < 4.78 is 0. The predicted molar refractivity (Wildman–Crippen MR) is 162 cm³/mol. The maximum atomic E-state index is 2.65. The fourth-order valence-electron chi connectivity index (χ4n) is 8.72. The molecule has 8 aliphatic rings. The quantitative estimate of drug-likeness (QED) is 0.331. The summed E-state index contributed by atoms with van der Waals surface area (Å²) in [6.45, 7) is 2.52. The Balaban J connectivity index is 1.11. The number of allylic oxidation sites excluding steroid dienone is 22. The van der Waals surface area contributed by atoms with E-state index in [-0.39, 0.29) is 0 Å². The minimum atomic E-state index is 0.484. The third kappa shape index (κ3) is 3.57. The van der Waals surface area contributed by atoms with E-state index in [0.717, 1.165) is 5.92 Å². The largest absolute Gasteiger partial charge is 0.125 e. The van der Waals surface area contributed by atoms with Gasteiger partial charge >= 0.3 is 0 Å². The molecule has 1 heterocycles. The van der Waals surface area contributed by atoms with Gasteiger partial charge in [0.2, 0.25) is 0 Å². The molecule has 0 saturated carbocycles. The summed E-state index contributed by atoms with van der Waals surface area (Å²) >= 11 is 2.23. The lowest BCUT2D eigenvalue weighted by molar-refractivity contribution is 0.489. The molecule has 0 amide bonds. The number of hydrogen-bond acceptors (Lipinski definition) is 1. The predicted octanol–water partition coefficient (Wildman–Crippen LogP) is 9.68. The van der Waals surface area contributed by atoms with Gasteiger partial charge in [0.15, 0.2) is 0 Å². The van der Waals surface area contributed by atoms with E-state index in [0.29, 0.717) is 34.8 Å². The van der Waals surface area contributed by atoms with Crippen molar-refractivity contribution in [1.82, 2.24) is 0 Å². The van der Waals surface area contributed by atoms with Crippen LogP contribution in [-0.4, -0.2) is 5.25 Å². The van der Waals surface area contributed by atoms with Gasteiger partial charge in [-0.3, -0.25) is 0 Å². The molecule has 8 rings (SSSR count). The Morgan fingerprint density at radius 3 is 2.42 bits per heavy atom. The minimum absolute atomic E-state index is 0.484. The number of thioether (sulfide) groups is 1. The lowest BCUT2D eigenvalue weighted by Gasteiger charge is -2.43. The van der Waals surface area contributed by atoms with E-state index in [1.807, 2.05) is 0 Å². The summed E-state index contributed by atoms with van der Waals surface area (Å²) in [4.78, 5) is 1.69. The van der Waals surface area contributed by atoms with Crippen molar-refractivity contribution in [3.8, 4) is 0 Å². The molecule has 0 N–H and O–H groups in total. The molecule has 0 aromatic rings. The second-order valence-corrected chi connectivity index (χ2v) is 13.7. The molecule has 0 aromatic heterocycles. The lowest BCUT2D eigenvalue weighted by atomic mass is 9.61. The smallest absolute Gasteiger partial charge is 0.0263 e. The van der Waals surface area contributed by atoms with Crippen LogP contribution < -0.4 is 0 Å². The molecule has 0 radical (unpaired) electrons. The fraction of sp³-hybridized carbons (Fsp3) is 0.405. The summed E-state index contributed by atoms with van der Waals surface area (Å²) in [6.07, 6.45) is 43.1. The zero-order valence-corrected chi connectivity index (χ0v) is 23.3. The van der Waals surface area contributed by atoms with Crippen molar-refractivity contribution in [3.63, 3.8) is 0 Å². The van der Waals surface area contributed by atoms with Gasteiger partial charge in [0.05, 0.1) is 0 Å². The van der Waals surface area contributed by atoms with Crippen molar-refractivity contribution in [3.05, 3.63) is 129 Å². The highest BCUT2D eigenvalue weighted by molar-refractivity contribution is 8.04. The van der Waals surface area contributed by atoms with Crippen LogP contribution in [0.5, 0.6) is 0 Å². The first kappa shape index (κ1) is 23.4. The molecule has 7 aliphatic carbocycles. The van der Waals surface area contributed by atoms with Gasteiger partial charge in [-0.2, -0.15) is 0 Å². The molecular weight excluding hydrogens is 476 g/mol. The summed E-state index contributed by atoms with van der Waals surface area (Å²) in [6, 6.07) is 0. The van der Waals surface area contributed by atoms with Crippen LogP contribution in [0.15, 0.2) is 129 Å².